The van der Waals surface area contributed by atoms with Gasteiger partial charge in [-0.2, -0.15) is 0 Å². The Morgan fingerprint density at radius 1 is 1.10 bits per heavy atom. The van der Waals surface area contributed by atoms with Gasteiger partial charge >= 0.3 is 0 Å². The second-order valence-corrected chi connectivity index (χ2v) is 8.69. The monoisotopic (exact) mass is 394 g/mol. The van der Waals surface area contributed by atoms with Crippen LogP contribution in [0.3, 0.4) is 0 Å². The molecule has 0 aliphatic carbocycles. The topological polar surface area (TPSA) is 68.4 Å². The molecule has 2 saturated heterocycles. The molecule has 4 heterocycles. The second-order valence-electron chi connectivity index (χ2n) is 8.69. The predicted octanol–water partition coefficient (Wildman–Crippen LogP) is 3.09. The number of likely N-dealkylation sites (tertiary alicyclic amines) is 1. The molecule has 29 heavy (non-hydrogen) atoms. The molecule has 0 spiro atoms. The molecule has 3 aliphatic rings. The molecule has 2 amide bonds. The van der Waals surface area contributed by atoms with Crippen LogP contribution in [0.5, 0.6) is 0 Å². The van der Waals surface area contributed by atoms with Crippen LogP contribution in [-0.4, -0.2) is 51.9 Å². The molecule has 2 unspecified atom stereocenters. The van der Waals surface area contributed by atoms with Crippen LogP contribution in [0.1, 0.15) is 62.7 Å². The quantitative estimate of drug-likeness (QED) is 0.766. The number of unbranched alkanes of at least 4 members (excludes halogenated alkanes) is 2. The molecule has 3 atom stereocenters. The average molecular weight is 395 g/mol. The number of benzene rings is 1. The summed E-state index contributed by atoms with van der Waals surface area (Å²) in [5.41, 5.74) is 3.45. The van der Waals surface area contributed by atoms with Crippen molar-refractivity contribution in [1.82, 2.24) is 20.1 Å². The minimum atomic E-state index is -0.499. The van der Waals surface area contributed by atoms with Gasteiger partial charge in [-0.3, -0.25) is 14.5 Å². The van der Waals surface area contributed by atoms with Crippen molar-refractivity contribution in [3.63, 3.8) is 0 Å². The van der Waals surface area contributed by atoms with Gasteiger partial charge in [-0.25, -0.2) is 0 Å². The lowest BCUT2D eigenvalue weighted by molar-refractivity contribution is -0.158. The van der Waals surface area contributed by atoms with Crippen LogP contribution in [0.2, 0.25) is 0 Å². The lowest BCUT2D eigenvalue weighted by Crippen LogP contribution is -2.69. The molecule has 2 fully saturated rings. The Kier molecular flexibility index (Phi) is 4.82. The van der Waals surface area contributed by atoms with Crippen LogP contribution in [0.15, 0.2) is 24.3 Å². The molecule has 5 rings (SSSR count). The Morgan fingerprint density at radius 2 is 1.90 bits per heavy atom. The highest BCUT2D eigenvalue weighted by Crippen LogP contribution is 2.41. The van der Waals surface area contributed by atoms with Crippen LogP contribution in [0.4, 0.5) is 0 Å². The van der Waals surface area contributed by atoms with E-state index in [1.54, 1.807) is 0 Å². The Labute approximate surface area is 171 Å². The number of carbonyl (C=O) groups excluding carboxylic acids is 2. The van der Waals surface area contributed by atoms with Crippen LogP contribution in [0.25, 0.3) is 10.9 Å². The van der Waals surface area contributed by atoms with E-state index in [0.717, 1.165) is 62.8 Å². The van der Waals surface area contributed by atoms with E-state index < -0.39 is 12.2 Å². The van der Waals surface area contributed by atoms with Gasteiger partial charge < -0.3 is 15.2 Å². The van der Waals surface area contributed by atoms with E-state index in [4.69, 9.17) is 0 Å². The summed E-state index contributed by atoms with van der Waals surface area (Å²) in [6.45, 7) is 3.96. The number of hydrogen-bond acceptors (Lipinski definition) is 3. The largest absolute Gasteiger partial charge is 0.356 e. The van der Waals surface area contributed by atoms with Crippen molar-refractivity contribution in [2.24, 2.45) is 0 Å². The molecule has 6 nitrogen and oxygen atoms in total. The van der Waals surface area contributed by atoms with Crippen LogP contribution >= 0.6 is 0 Å². The number of H-pyrrole nitrogens is 1. The van der Waals surface area contributed by atoms with Crippen molar-refractivity contribution < 1.29 is 9.59 Å². The number of para-hydroxylation sites is 1. The maximum absolute atomic E-state index is 13.6. The van der Waals surface area contributed by atoms with E-state index in [2.05, 4.69) is 34.3 Å². The zero-order valence-corrected chi connectivity index (χ0v) is 17.1. The third-order valence-corrected chi connectivity index (χ3v) is 6.91. The highest BCUT2D eigenvalue weighted by molar-refractivity contribution is 5.98. The lowest BCUT2D eigenvalue weighted by atomic mass is 9.87. The zero-order chi connectivity index (χ0) is 20.0. The molecule has 0 radical (unpaired) electrons. The number of hydrogen-bond donors (Lipinski definition) is 2. The van der Waals surface area contributed by atoms with Crippen molar-refractivity contribution in [2.45, 2.75) is 70.1 Å². The molecule has 2 aromatic rings. The summed E-state index contributed by atoms with van der Waals surface area (Å²) in [5, 5.41) is 4.24. The zero-order valence-electron chi connectivity index (χ0n) is 17.1. The van der Waals surface area contributed by atoms with Crippen molar-refractivity contribution >= 4 is 22.7 Å². The summed E-state index contributed by atoms with van der Waals surface area (Å²) in [6.07, 6.45) is 6.51. The first-order valence-corrected chi connectivity index (χ1v) is 11.1. The fourth-order valence-corrected chi connectivity index (χ4v) is 5.45. The number of nitrogens with one attached hydrogen (secondary N) is 2. The van der Waals surface area contributed by atoms with Gasteiger partial charge in [-0.05, 0) is 30.9 Å². The maximum Gasteiger partial charge on any atom is 0.261 e. The summed E-state index contributed by atoms with van der Waals surface area (Å²) < 4.78 is 0. The van der Waals surface area contributed by atoms with Crippen molar-refractivity contribution in [2.75, 3.05) is 13.1 Å². The van der Waals surface area contributed by atoms with Crippen molar-refractivity contribution in [1.29, 1.82) is 0 Å². The molecular weight excluding hydrogens is 364 g/mol. The number of nitrogens with zero attached hydrogens (tertiary/aromatic N) is 2. The number of piperazine rings is 1. The Hall–Kier alpha value is -2.34. The first-order chi connectivity index (χ1) is 14.2. The molecule has 2 N–H and O–H groups in total. The molecule has 3 aliphatic heterocycles. The summed E-state index contributed by atoms with van der Waals surface area (Å²) in [6, 6.07) is 7.84. The van der Waals surface area contributed by atoms with E-state index in [9.17, 15) is 9.59 Å². The van der Waals surface area contributed by atoms with Crippen LogP contribution < -0.4 is 5.32 Å². The standard InChI is InChI=1S/C23H30N4O2/c1-2-3-4-11-18-20-16(15-9-5-6-10-17(15)24-20)14-19-22(28)25-21(23(29)27(18)19)26-12-7-8-13-26/h5-6,9-10,18-19,21,24H,2-4,7-8,11-14H2,1H3,(H,25,28)/t18?,19-,21?/m0/s1. The third-order valence-electron chi connectivity index (χ3n) is 6.91. The number of aromatic amines is 1. The number of fused-ring (bicyclic) bond motifs is 4. The Bertz CT molecular complexity index is 930. The van der Waals surface area contributed by atoms with E-state index in [0.29, 0.717) is 6.42 Å². The van der Waals surface area contributed by atoms with E-state index in [1.807, 2.05) is 17.0 Å². The molecule has 0 saturated carbocycles. The van der Waals surface area contributed by atoms with E-state index in [1.165, 1.54) is 10.9 Å². The predicted molar refractivity (Wildman–Crippen MR) is 112 cm³/mol. The first-order valence-electron chi connectivity index (χ1n) is 11.1. The van der Waals surface area contributed by atoms with Gasteiger partial charge in [-0.1, -0.05) is 44.4 Å². The average Bonchev–Trinajstić information content (AvgIpc) is 3.38. The van der Waals surface area contributed by atoms with Gasteiger partial charge in [0.25, 0.3) is 5.91 Å². The molecule has 6 heteroatoms. The molecule has 0 bridgehead atoms. The smallest absolute Gasteiger partial charge is 0.261 e. The summed E-state index contributed by atoms with van der Waals surface area (Å²) in [4.78, 5) is 34.4. The minimum Gasteiger partial charge on any atom is -0.356 e. The first kappa shape index (κ1) is 18.7. The number of rotatable bonds is 5. The van der Waals surface area contributed by atoms with Gasteiger partial charge in [0.15, 0.2) is 6.17 Å². The highest BCUT2D eigenvalue weighted by atomic mass is 16.2. The van der Waals surface area contributed by atoms with Gasteiger partial charge in [0, 0.05) is 36.1 Å². The highest BCUT2D eigenvalue weighted by Gasteiger charge is 2.49. The normalized spacial score (nSPS) is 27.2. The molecule has 154 valence electrons. The Balaban J connectivity index is 1.56. The van der Waals surface area contributed by atoms with Gasteiger partial charge in [0.1, 0.15) is 6.04 Å². The van der Waals surface area contributed by atoms with Gasteiger partial charge in [0.05, 0.1) is 6.04 Å². The van der Waals surface area contributed by atoms with Crippen molar-refractivity contribution in [3.05, 3.63) is 35.5 Å². The fourth-order valence-electron chi connectivity index (χ4n) is 5.45. The SMILES string of the molecule is CCCCCC1c2[nH]c3ccccc3c2C[C@H]2C(=O)NC(N3CCCC3)C(=O)N12. The molecule has 1 aromatic heterocycles. The summed E-state index contributed by atoms with van der Waals surface area (Å²) in [5.74, 6) is 0.0697. The maximum atomic E-state index is 13.6. The minimum absolute atomic E-state index is 0.00192. The van der Waals surface area contributed by atoms with Gasteiger partial charge in [-0.15, -0.1) is 0 Å². The Morgan fingerprint density at radius 3 is 2.69 bits per heavy atom. The summed E-state index contributed by atoms with van der Waals surface area (Å²) in [7, 11) is 0. The molecular formula is C23H30N4O2. The number of aromatic nitrogens is 1. The third kappa shape index (κ3) is 3.05. The second kappa shape index (κ2) is 7.48. The van der Waals surface area contributed by atoms with E-state index in [-0.39, 0.29) is 17.9 Å². The van der Waals surface area contributed by atoms with Crippen LogP contribution in [-0.2, 0) is 16.0 Å². The summed E-state index contributed by atoms with van der Waals surface area (Å²) >= 11 is 0. The number of amides is 2. The van der Waals surface area contributed by atoms with E-state index >= 15 is 0 Å². The van der Waals surface area contributed by atoms with Crippen LogP contribution in [0, 0.1) is 0 Å². The lowest BCUT2D eigenvalue weighted by Gasteiger charge is -2.47. The van der Waals surface area contributed by atoms with Crippen molar-refractivity contribution in [3.8, 4) is 0 Å². The number of carbonyl (C=O) groups is 2. The van der Waals surface area contributed by atoms with Gasteiger partial charge in [0.2, 0.25) is 5.91 Å². The fraction of sp³-hybridized carbons (Fsp3) is 0.565. The molecule has 1 aromatic carbocycles.